The molecule has 0 saturated heterocycles. The Morgan fingerprint density at radius 1 is 1.18 bits per heavy atom. The zero-order chi connectivity index (χ0) is 15.9. The Labute approximate surface area is 136 Å². The van der Waals surface area contributed by atoms with Crippen LogP contribution < -0.4 is 5.73 Å². The number of hydrogen-bond donors (Lipinski definition) is 1. The molecular weight excluding hydrogens is 298 g/mol. The van der Waals surface area contributed by atoms with Crippen LogP contribution in [0.2, 0.25) is 5.02 Å². The maximum atomic E-state index is 11.5. The second kappa shape index (κ2) is 7.97. The molecule has 4 heteroatoms. The highest BCUT2D eigenvalue weighted by Gasteiger charge is 2.12. The summed E-state index contributed by atoms with van der Waals surface area (Å²) in [5, 5.41) is 0.729. The molecule has 0 aromatic heterocycles. The first kappa shape index (κ1) is 16.5. The summed E-state index contributed by atoms with van der Waals surface area (Å²) < 4.78 is 4.94. The summed E-state index contributed by atoms with van der Waals surface area (Å²) in [5.41, 5.74) is 9.31. The zero-order valence-electron chi connectivity index (χ0n) is 12.6. The van der Waals surface area contributed by atoms with Crippen molar-refractivity contribution in [3.05, 3.63) is 70.2 Å². The molecule has 2 rings (SSSR count). The lowest BCUT2D eigenvalue weighted by Gasteiger charge is -2.13. The van der Waals surface area contributed by atoms with Crippen LogP contribution in [0.15, 0.2) is 48.5 Å². The third-order valence-electron chi connectivity index (χ3n) is 3.37. The highest BCUT2D eigenvalue weighted by molar-refractivity contribution is 6.30. The van der Waals surface area contributed by atoms with Gasteiger partial charge in [0.2, 0.25) is 0 Å². The molecule has 0 fully saturated rings. The van der Waals surface area contributed by atoms with Gasteiger partial charge in [0.25, 0.3) is 0 Å². The van der Waals surface area contributed by atoms with Crippen molar-refractivity contribution >= 4 is 17.6 Å². The van der Waals surface area contributed by atoms with Gasteiger partial charge in [0.1, 0.15) is 0 Å². The van der Waals surface area contributed by atoms with Crippen LogP contribution in [-0.4, -0.2) is 12.6 Å². The van der Waals surface area contributed by atoms with Gasteiger partial charge in [-0.25, -0.2) is 0 Å². The van der Waals surface area contributed by atoms with Gasteiger partial charge in [-0.05, 0) is 42.2 Å². The standard InChI is InChI=1S/C18H20ClNO2/c1-2-22-18(21)12-17(20)15-7-3-5-13(10-15)9-14-6-4-8-16(19)11-14/h3-8,10-11,17H,2,9,12,20H2,1H3. The van der Waals surface area contributed by atoms with Crippen LogP contribution in [0, 0.1) is 0 Å². The lowest BCUT2D eigenvalue weighted by Crippen LogP contribution is -2.17. The molecule has 2 aromatic carbocycles. The second-order valence-corrected chi connectivity index (χ2v) is 5.60. The number of carbonyl (C=O) groups excluding carboxylic acids is 1. The number of halogens is 1. The van der Waals surface area contributed by atoms with Crippen molar-refractivity contribution in [2.45, 2.75) is 25.8 Å². The summed E-state index contributed by atoms with van der Waals surface area (Å²) >= 11 is 6.01. The van der Waals surface area contributed by atoms with Crippen molar-refractivity contribution in [2.24, 2.45) is 5.73 Å². The van der Waals surface area contributed by atoms with Gasteiger partial charge in [-0.3, -0.25) is 4.79 Å². The van der Waals surface area contributed by atoms with Crippen molar-refractivity contribution in [1.82, 2.24) is 0 Å². The molecule has 0 aliphatic rings. The average Bonchev–Trinajstić information content (AvgIpc) is 2.47. The number of esters is 1. The Balaban J connectivity index is 2.07. The van der Waals surface area contributed by atoms with Gasteiger partial charge in [0.15, 0.2) is 0 Å². The highest BCUT2D eigenvalue weighted by Crippen LogP contribution is 2.19. The van der Waals surface area contributed by atoms with Gasteiger partial charge in [-0.15, -0.1) is 0 Å². The molecule has 0 aliphatic carbocycles. The maximum absolute atomic E-state index is 11.5. The Hall–Kier alpha value is -1.84. The number of ether oxygens (including phenoxy) is 1. The number of hydrogen-bond acceptors (Lipinski definition) is 3. The van der Waals surface area contributed by atoms with Gasteiger partial charge in [0.05, 0.1) is 13.0 Å². The fourth-order valence-corrected chi connectivity index (χ4v) is 2.55. The molecular formula is C18H20ClNO2. The molecule has 0 amide bonds. The molecule has 116 valence electrons. The number of benzene rings is 2. The van der Waals surface area contributed by atoms with Gasteiger partial charge in [0, 0.05) is 11.1 Å². The Kier molecular flexibility index (Phi) is 5.99. The van der Waals surface area contributed by atoms with Gasteiger partial charge < -0.3 is 10.5 Å². The van der Waals surface area contributed by atoms with E-state index in [1.54, 1.807) is 6.92 Å². The van der Waals surface area contributed by atoms with Gasteiger partial charge >= 0.3 is 5.97 Å². The van der Waals surface area contributed by atoms with Gasteiger partial charge in [-0.1, -0.05) is 48.0 Å². The molecule has 0 aliphatic heterocycles. The van der Waals surface area contributed by atoms with E-state index in [0.29, 0.717) is 6.61 Å². The first-order valence-electron chi connectivity index (χ1n) is 7.33. The third-order valence-corrected chi connectivity index (χ3v) is 3.60. The smallest absolute Gasteiger partial charge is 0.307 e. The number of rotatable bonds is 6. The Bertz CT molecular complexity index is 642. The van der Waals surface area contributed by atoms with Crippen molar-refractivity contribution in [1.29, 1.82) is 0 Å². The normalized spacial score (nSPS) is 12.0. The van der Waals surface area contributed by atoms with E-state index in [4.69, 9.17) is 22.1 Å². The van der Waals surface area contributed by atoms with E-state index in [-0.39, 0.29) is 18.4 Å². The fourth-order valence-electron chi connectivity index (χ4n) is 2.33. The molecule has 2 N–H and O–H groups in total. The van der Waals surface area contributed by atoms with E-state index in [1.165, 1.54) is 0 Å². The van der Waals surface area contributed by atoms with Crippen molar-refractivity contribution < 1.29 is 9.53 Å². The molecule has 1 atom stereocenters. The van der Waals surface area contributed by atoms with Crippen LogP contribution in [0.3, 0.4) is 0 Å². The molecule has 0 heterocycles. The van der Waals surface area contributed by atoms with E-state index >= 15 is 0 Å². The lowest BCUT2D eigenvalue weighted by atomic mass is 9.98. The molecule has 3 nitrogen and oxygen atoms in total. The maximum Gasteiger partial charge on any atom is 0.307 e. The average molecular weight is 318 g/mol. The van der Waals surface area contributed by atoms with E-state index in [1.807, 2.05) is 48.5 Å². The van der Waals surface area contributed by atoms with Crippen molar-refractivity contribution in [2.75, 3.05) is 6.61 Å². The molecule has 2 aromatic rings. The topological polar surface area (TPSA) is 52.3 Å². The van der Waals surface area contributed by atoms with Crippen molar-refractivity contribution in [3.8, 4) is 0 Å². The number of nitrogens with two attached hydrogens (primary N) is 1. The summed E-state index contributed by atoms with van der Waals surface area (Å²) in [5.74, 6) is -0.268. The zero-order valence-corrected chi connectivity index (χ0v) is 13.3. The minimum absolute atomic E-state index is 0.189. The molecule has 22 heavy (non-hydrogen) atoms. The quantitative estimate of drug-likeness (QED) is 0.822. The Morgan fingerprint density at radius 3 is 2.55 bits per heavy atom. The summed E-state index contributed by atoms with van der Waals surface area (Å²) in [4.78, 5) is 11.5. The first-order valence-corrected chi connectivity index (χ1v) is 7.70. The van der Waals surface area contributed by atoms with Crippen LogP contribution >= 0.6 is 11.6 Å². The highest BCUT2D eigenvalue weighted by atomic mass is 35.5. The van der Waals surface area contributed by atoms with E-state index in [0.717, 1.165) is 28.1 Å². The monoisotopic (exact) mass is 317 g/mol. The van der Waals surface area contributed by atoms with Gasteiger partial charge in [-0.2, -0.15) is 0 Å². The molecule has 0 bridgehead atoms. The summed E-state index contributed by atoms with van der Waals surface area (Å²) in [6.45, 7) is 2.16. The minimum Gasteiger partial charge on any atom is -0.466 e. The summed E-state index contributed by atoms with van der Waals surface area (Å²) in [6.07, 6.45) is 0.967. The molecule has 0 radical (unpaired) electrons. The largest absolute Gasteiger partial charge is 0.466 e. The SMILES string of the molecule is CCOC(=O)CC(N)c1cccc(Cc2cccc(Cl)c2)c1. The molecule has 0 saturated carbocycles. The number of carbonyl (C=O) groups is 1. The van der Waals surface area contributed by atoms with E-state index in [2.05, 4.69) is 0 Å². The van der Waals surface area contributed by atoms with E-state index in [9.17, 15) is 4.79 Å². The lowest BCUT2D eigenvalue weighted by molar-refractivity contribution is -0.143. The summed E-state index contributed by atoms with van der Waals surface area (Å²) in [7, 11) is 0. The van der Waals surface area contributed by atoms with Crippen molar-refractivity contribution in [3.63, 3.8) is 0 Å². The Morgan fingerprint density at radius 2 is 1.86 bits per heavy atom. The first-order chi connectivity index (χ1) is 10.6. The van der Waals surface area contributed by atoms with Crippen LogP contribution in [0.4, 0.5) is 0 Å². The van der Waals surface area contributed by atoms with E-state index < -0.39 is 0 Å². The van der Waals surface area contributed by atoms with Crippen LogP contribution in [0.5, 0.6) is 0 Å². The molecule has 0 spiro atoms. The predicted octanol–water partition coefficient (Wildman–Crippen LogP) is 3.88. The second-order valence-electron chi connectivity index (χ2n) is 5.17. The van der Waals surface area contributed by atoms with Crippen LogP contribution in [0.1, 0.15) is 36.1 Å². The minimum atomic E-state index is -0.349. The van der Waals surface area contributed by atoms with Crippen LogP contribution in [-0.2, 0) is 16.0 Å². The predicted molar refractivity (Wildman–Crippen MR) is 88.9 cm³/mol. The third kappa shape index (κ3) is 4.86. The summed E-state index contributed by atoms with van der Waals surface area (Å²) in [6, 6.07) is 15.4. The molecule has 1 unspecified atom stereocenters. The van der Waals surface area contributed by atoms with Crippen LogP contribution in [0.25, 0.3) is 0 Å². The fraction of sp³-hybridized carbons (Fsp3) is 0.278.